The number of carbonyl (C=O) groups is 1. The quantitative estimate of drug-likeness (QED) is 0.760. The minimum Gasteiger partial charge on any atom is -0.365 e. The van der Waals surface area contributed by atoms with Gasteiger partial charge in [-0.15, -0.1) is 11.3 Å². The van der Waals surface area contributed by atoms with Gasteiger partial charge in [0.15, 0.2) is 0 Å². The highest BCUT2D eigenvalue weighted by atomic mass is 32.1. The van der Waals surface area contributed by atoms with Crippen molar-refractivity contribution in [2.75, 3.05) is 6.54 Å². The number of likely N-dealkylation sites (tertiary alicyclic amines) is 1. The molecule has 0 spiro atoms. The lowest BCUT2D eigenvalue weighted by atomic mass is 10.2. The number of thiophene rings is 1. The van der Waals surface area contributed by atoms with E-state index in [0.29, 0.717) is 23.1 Å². The number of aromatic nitrogens is 2. The molecule has 25 heavy (non-hydrogen) atoms. The summed E-state index contributed by atoms with van der Waals surface area (Å²) >= 11 is 1.47. The topological polar surface area (TPSA) is 85.3 Å². The zero-order valence-corrected chi connectivity index (χ0v) is 14.4. The molecule has 7 heteroatoms. The van der Waals surface area contributed by atoms with E-state index < -0.39 is 0 Å². The first-order valence-electron chi connectivity index (χ1n) is 8.22. The Bertz CT molecular complexity index is 874. The van der Waals surface area contributed by atoms with Crippen molar-refractivity contribution in [2.24, 2.45) is 5.73 Å². The summed E-state index contributed by atoms with van der Waals surface area (Å²) in [6.45, 7) is 1.58. The van der Waals surface area contributed by atoms with Gasteiger partial charge in [0.25, 0.3) is 5.91 Å². The van der Waals surface area contributed by atoms with Crippen LogP contribution < -0.4 is 5.73 Å². The van der Waals surface area contributed by atoms with E-state index >= 15 is 0 Å². The lowest BCUT2D eigenvalue weighted by Crippen LogP contribution is -2.22. The number of nitrogens with two attached hydrogens (primary N) is 1. The van der Waals surface area contributed by atoms with Crippen LogP contribution in [0.3, 0.4) is 0 Å². The Morgan fingerprint density at radius 3 is 2.88 bits per heavy atom. The molecule has 1 aliphatic rings. The highest BCUT2D eigenvalue weighted by Crippen LogP contribution is 2.36. The van der Waals surface area contributed by atoms with Gasteiger partial charge in [0.2, 0.25) is 11.7 Å². The fourth-order valence-electron chi connectivity index (χ4n) is 3.20. The highest BCUT2D eigenvalue weighted by Gasteiger charge is 2.29. The molecule has 0 aliphatic carbocycles. The van der Waals surface area contributed by atoms with Crippen molar-refractivity contribution in [1.29, 1.82) is 0 Å². The molecule has 1 fully saturated rings. The van der Waals surface area contributed by atoms with Gasteiger partial charge in [-0.3, -0.25) is 9.69 Å². The van der Waals surface area contributed by atoms with E-state index in [9.17, 15) is 4.79 Å². The predicted octanol–water partition coefficient (Wildman–Crippen LogP) is 3.23. The number of benzene rings is 1. The third-order valence-electron chi connectivity index (χ3n) is 4.40. The molecule has 0 bridgehead atoms. The van der Waals surface area contributed by atoms with Gasteiger partial charge in [0.1, 0.15) is 0 Å². The number of nitrogens with zero attached hydrogens (tertiary/aromatic N) is 3. The Hall–Kier alpha value is -2.51. The van der Waals surface area contributed by atoms with Crippen molar-refractivity contribution in [3.8, 4) is 11.4 Å². The summed E-state index contributed by atoms with van der Waals surface area (Å²) in [6.07, 6.45) is 2.16. The van der Waals surface area contributed by atoms with Gasteiger partial charge in [0, 0.05) is 16.5 Å². The summed E-state index contributed by atoms with van der Waals surface area (Å²) in [6, 6.07) is 13.9. The smallest absolute Gasteiger partial charge is 0.258 e. The summed E-state index contributed by atoms with van der Waals surface area (Å²) < 4.78 is 5.44. The molecule has 2 N–H and O–H groups in total. The molecule has 3 aromatic rings. The van der Waals surface area contributed by atoms with E-state index in [4.69, 9.17) is 10.3 Å². The molecular formula is C18H18N4O2S. The van der Waals surface area contributed by atoms with Gasteiger partial charge in [-0.1, -0.05) is 35.5 Å². The molecule has 0 saturated carbocycles. The lowest BCUT2D eigenvalue weighted by Gasteiger charge is -2.21. The molecule has 1 amide bonds. The molecule has 0 radical (unpaired) electrons. The second kappa shape index (κ2) is 6.78. The highest BCUT2D eigenvalue weighted by molar-refractivity contribution is 7.14. The van der Waals surface area contributed by atoms with Gasteiger partial charge in [-0.25, -0.2) is 0 Å². The van der Waals surface area contributed by atoms with Crippen molar-refractivity contribution in [3.05, 3.63) is 58.1 Å². The molecule has 2 aromatic heterocycles. The predicted molar refractivity (Wildman–Crippen MR) is 95.0 cm³/mol. The van der Waals surface area contributed by atoms with Crippen molar-refractivity contribution < 1.29 is 9.32 Å². The van der Waals surface area contributed by atoms with Crippen LogP contribution >= 0.6 is 11.3 Å². The number of primary amides is 1. The van der Waals surface area contributed by atoms with Crippen molar-refractivity contribution >= 4 is 17.2 Å². The molecule has 4 rings (SSSR count). The average Bonchev–Trinajstić information content (AvgIpc) is 3.36. The van der Waals surface area contributed by atoms with E-state index in [2.05, 4.69) is 15.0 Å². The van der Waals surface area contributed by atoms with E-state index in [1.54, 1.807) is 6.07 Å². The summed E-state index contributed by atoms with van der Waals surface area (Å²) in [4.78, 5) is 19.9. The van der Waals surface area contributed by atoms with E-state index in [1.165, 1.54) is 11.3 Å². The lowest BCUT2D eigenvalue weighted by molar-refractivity contribution is 0.100. The van der Waals surface area contributed by atoms with Gasteiger partial charge < -0.3 is 10.3 Å². The first kappa shape index (κ1) is 16.0. The SMILES string of the molecule is NC(=O)c1ccc(C2CCCN2Cc2nc(-c3ccccc3)no2)s1. The number of carbonyl (C=O) groups excluding carboxylic acids is 1. The molecule has 128 valence electrons. The molecule has 1 unspecified atom stereocenters. The maximum Gasteiger partial charge on any atom is 0.258 e. The summed E-state index contributed by atoms with van der Waals surface area (Å²) in [5.41, 5.74) is 6.31. The van der Waals surface area contributed by atoms with E-state index in [-0.39, 0.29) is 11.9 Å². The van der Waals surface area contributed by atoms with Crippen LogP contribution in [0.25, 0.3) is 11.4 Å². The van der Waals surface area contributed by atoms with Gasteiger partial charge in [-0.2, -0.15) is 4.98 Å². The molecule has 3 heterocycles. The third-order valence-corrected chi connectivity index (χ3v) is 5.60. The summed E-state index contributed by atoms with van der Waals surface area (Å²) in [7, 11) is 0. The van der Waals surface area contributed by atoms with E-state index in [1.807, 2.05) is 36.4 Å². The van der Waals surface area contributed by atoms with Crippen LogP contribution in [0, 0.1) is 0 Å². The molecule has 1 atom stereocenters. The zero-order valence-electron chi connectivity index (χ0n) is 13.6. The second-order valence-corrected chi connectivity index (χ2v) is 7.19. The Morgan fingerprint density at radius 2 is 2.12 bits per heavy atom. The van der Waals surface area contributed by atoms with Crippen molar-refractivity contribution in [2.45, 2.75) is 25.4 Å². The Morgan fingerprint density at radius 1 is 1.28 bits per heavy atom. The Balaban J connectivity index is 1.50. The zero-order chi connectivity index (χ0) is 17.2. The molecule has 1 saturated heterocycles. The molecule has 6 nitrogen and oxygen atoms in total. The maximum atomic E-state index is 11.3. The monoisotopic (exact) mass is 354 g/mol. The summed E-state index contributed by atoms with van der Waals surface area (Å²) in [5, 5.41) is 4.08. The minimum absolute atomic E-state index is 0.269. The largest absolute Gasteiger partial charge is 0.365 e. The van der Waals surface area contributed by atoms with Gasteiger partial charge in [0.05, 0.1) is 11.4 Å². The standard InChI is InChI=1S/C18H18N4O2S/c19-17(23)15-9-8-14(25-15)13-7-4-10-22(13)11-16-20-18(21-24-16)12-5-2-1-3-6-12/h1-3,5-6,8-9,13H,4,7,10-11H2,(H2,19,23). The number of hydrogen-bond acceptors (Lipinski definition) is 6. The second-order valence-electron chi connectivity index (χ2n) is 6.07. The average molecular weight is 354 g/mol. The van der Waals surface area contributed by atoms with Crippen LogP contribution in [0.1, 0.15) is 39.3 Å². The fourth-order valence-corrected chi connectivity index (χ4v) is 4.23. The van der Waals surface area contributed by atoms with Crippen LogP contribution in [0.15, 0.2) is 47.0 Å². The Labute approximate surface area is 149 Å². The van der Waals surface area contributed by atoms with E-state index in [0.717, 1.165) is 29.8 Å². The minimum atomic E-state index is -0.370. The third kappa shape index (κ3) is 3.33. The normalized spacial score (nSPS) is 17.8. The van der Waals surface area contributed by atoms with Crippen molar-refractivity contribution in [3.63, 3.8) is 0 Å². The maximum absolute atomic E-state index is 11.3. The summed E-state index contributed by atoms with van der Waals surface area (Å²) in [5.74, 6) is 0.848. The van der Waals surface area contributed by atoms with Crippen molar-refractivity contribution in [1.82, 2.24) is 15.0 Å². The van der Waals surface area contributed by atoms with Crippen LogP contribution in [0.4, 0.5) is 0 Å². The van der Waals surface area contributed by atoms with Crippen LogP contribution in [0.5, 0.6) is 0 Å². The molecule has 1 aromatic carbocycles. The van der Waals surface area contributed by atoms with Crippen LogP contribution in [0.2, 0.25) is 0 Å². The first-order valence-corrected chi connectivity index (χ1v) is 9.04. The molecule has 1 aliphatic heterocycles. The van der Waals surface area contributed by atoms with Crippen LogP contribution in [-0.4, -0.2) is 27.5 Å². The Kier molecular flexibility index (Phi) is 4.33. The number of amides is 1. The first-order chi connectivity index (χ1) is 12.2. The number of rotatable bonds is 5. The fraction of sp³-hybridized carbons (Fsp3) is 0.278. The van der Waals surface area contributed by atoms with Gasteiger partial charge >= 0.3 is 0 Å². The van der Waals surface area contributed by atoms with Crippen LogP contribution in [-0.2, 0) is 6.54 Å². The van der Waals surface area contributed by atoms with Gasteiger partial charge in [-0.05, 0) is 31.5 Å². The molecular weight excluding hydrogens is 336 g/mol. The number of hydrogen-bond donors (Lipinski definition) is 1.